The molecule has 3 heterocycles. The molecule has 0 N–H and O–H groups in total. The Labute approximate surface area is 163 Å². The van der Waals surface area contributed by atoms with Crippen LogP contribution in [-0.2, 0) is 22.5 Å². The average Bonchev–Trinajstić information content (AvgIpc) is 3.01. The summed E-state index contributed by atoms with van der Waals surface area (Å²) in [6.07, 6.45) is 7.81. The minimum absolute atomic E-state index is 0.0771. The van der Waals surface area contributed by atoms with Crippen molar-refractivity contribution >= 4 is 28.0 Å². The van der Waals surface area contributed by atoms with Gasteiger partial charge >= 0.3 is 0 Å². The van der Waals surface area contributed by atoms with Gasteiger partial charge in [-0.3, -0.25) is 4.79 Å². The van der Waals surface area contributed by atoms with E-state index in [1.165, 1.54) is 30.3 Å². The Kier molecular flexibility index (Phi) is 5.07. The second-order valence-corrected chi connectivity index (χ2v) is 9.09. The maximum atomic E-state index is 13.4. The van der Waals surface area contributed by atoms with Crippen molar-refractivity contribution < 1.29 is 9.47 Å². The molecule has 146 valence electrons. The fourth-order valence-corrected chi connectivity index (χ4v) is 5.19. The smallest absolute Gasteiger partial charge is 0.283 e. The van der Waals surface area contributed by atoms with Crippen molar-refractivity contribution in [3.05, 3.63) is 26.6 Å². The van der Waals surface area contributed by atoms with Gasteiger partial charge < -0.3 is 9.47 Å². The van der Waals surface area contributed by atoms with Crippen LogP contribution < -0.4 is 5.56 Å². The third-order valence-corrected chi connectivity index (χ3v) is 6.58. The highest BCUT2D eigenvalue weighted by Crippen LogP contribution is 2.38. The lowest BCUT2D eigenvalue weighted by Gasteiger charge is -2.30. The van der Waals surface area contributed by atoms with Crippen LogP contribution in [0.3, 0.4) is 0 Å². The van der Waals surface area contributed by atoms with E-state index < -0.39 is 0 Å². The van der Waals surface area contributed by atoms with Crippen LogP contribution in [0.15, 0.2) is 9.90 Å². The molecule has 1 fully saturated rings. The van der Waals surface area contributed by atoms with Crippen LogP contribution in [0.2, 0.25) is 0 Å². The van der Waals surface area contributed by atoms with Crippen molar-refractivity contribution in [2.45, 2.75) is 77.4 Å². The maximum Gasteiger partial charge on any atom is 0.283 e. The Bertz CT molecular complexity index is 923. The molecule has 7 heteroatoms. The van der Waals surface area contributed by atoms with E-state index in [9.17, 15) is 4.79 Å². The maximum absolute atomic E-state index is 13.4. The predicted octanol–water partition coefficient (Wildman–Crippen LogP) is 4.18. The van der Waals surface area contributed by atoms with Gasteiger partial charge in [-0.1, -0.05) is 19.3 Å². The summed E-state index contributed by atoms with van der Waals surface area (Å²) in [6, 6.07) is 0. The van der Waals surface area contributed by atoms with Gasteiger partial charge in [0, 0.05) is 17.2 Å². The molecule has 1 aliphatic heterocycles. The zero-order chi connectivity index (χ0) is 19.0. The normalized spacial score (nSPS) is 20.3. The Balaban J connectivity index is 1.89. The molecule has 0 atom stereocenters. The van der Waals surface area contributed by atoms with Crippen LogP contribution in [0.4, 0.5) is 0 Å². The van der Waals surface area contributed by atoms with Gasteiger partial charge in [0.25, 0.3) is 5.56 Å². The van der Waals surface area contributed by atoms with Crippen molar-refractivity contribution in [1.82, 2.24) is 9.66 Å². The van der Waals surface area contributed by atoms with E-state index in [1.54, 1.807) is 11.3 Å². The number of fused-ring (bicyclic) bond motifs is 3. The SMILES string of the molecule is CCOC=Nn1c(C2CCCCC2)nc2sc3c(c2c1=O)CC(C)(C)OC3. The molecule has 1 aliphatic carbocycles. The molecule has 2 aromatic rings. The van der Waals surface area contributed by atoms with Gasteiger partial charge in [0.05, 0.1) is 24.2 Å². The van der Waals surface area contributed by atoms with Gasteiger partial charge in [-0.2, -0.15) is 4.68 Å². The molecule has 0 radical (unpaired) electrons. The Morgan fingerprint density at radius 1 is 1.37 bits per heavy atom. The fraction of sp³-hybridized carbons (Fsp3) is 0.650. The summed E-state index contributed by atoms with van der Waals surface area (Å²) in [6.45, 7) is 7.09. The van der Waals surface area contributed by atoms with Crippen molar-refractivity contribution in [3.63, 3.8) is 0 Å². The van der Waals surface area contributed by atoms with Crippen molar-refractivity contribution in [3.8, 4) is 0 Å². The average molecular weight is 390 g/mol. The summed E-state index contributed by atoms with van der Waals surface area (Å²) < 4.78 is 12.7. The molecule has 0 unspecified atom stereocenters. The molecule has 4 rings (SSSR count). The number of aromatic nitrogens is 2. The molecule has 27 heavy (non-hydrogen) atoms. The molecular formula is C20H27N3O3S. The summed E-state index contributed by atoms with van der Waals surface area (Å²) in [5.41, 5.74) is 0.737. The molecule has 6 nitrogen and oxygen atoms in total. The minimum atomic E-state index is -0.269. The summed E-state index contributed by atoms with van der Waals surface area (Å²) in [4.78, 5) is 20.3. The molecule has 0 aromatic carbocycles. The van der Waals surface area contributed by atoms with E-state index in [0.717, 1.165) is 40.4 Å². The fourth-order valence-electron chi connectivity index (χ4n) is 4.09. The van der Waals surface area contributed by atoms with Gasteiger partial charge in [0.2, 0.25) is 0 Å². The third kappa shape index (κ3) is 3.55. The number of ether oxygens (including phenoxy) is 2. The van der Waals surface area contributed by atoms with Gasteiger partial charge in [-0.25, -0.2) is 4.98 Å². The first-order chi connectivity index (χ1) is 13.0. The van der Waals surface area contributed by atoms with E-state index >= 15 is 0 Å². The van der Waals surface area contributed by atoms with Crippen LogP contribution in [0, 0.1) is 0 Å². The van der Waals surface area contributed by atoms with Crippen LogP contribution in [0.1, 0.15) is 75.1 Å². The van der Waals surface area contributed by atoms with E-state index in [2.05, 4.69) is 18.9 Å². The number of hydrogen-bond donors (Lipinski definition) is 0. The summed E-state index contributed by atoms with van der Waals surface area (Å²) >= 11 is 1.60. The van der Waals surface area contributed by atoms with E-state index in [-0.39, 0.29) is 17.1 Å². The van der Waals surface area contributed by atoms with Crippen LogP contribution in [-0.4, -0.2) is 28.3 Å². The monoisotopic (exact) mass is 389 g/mol. The molecule has 2 aliphatic rings. The molecule has 1 saturated carbocycles. The quantitative estimate of drug-likeness (QED) is 0.581. The number of rotatable bonds is 4. The van der Waals surface area contributed by atoms with Gasteiger partial charge in [0.1, 0.15) is 10.7 Å². The van der Waals surface area contributed by atoms with Crippen LogP contribution >= 0.6 is 11.3 Å². The first kappa shape index (κ1) is 18.6. The van der Waals surface area contributed by atoms with E-state index in [0.29, 0.717) is 18.6 Å². The van der Waals surface area contributed by atoms with Crippen molar-refractivity contribution in [2.75, 3.05) is 6.61 Å². The van der Waals surface area contributed by atoms with Crippen LogP contribution in [0.5, 0.6) is 0 Å². The Morgan fingerprint density at radius 3 is 2.89 bits per heavy atom. The first-order valence-electron chi connectivity index (χ1n) is 9.86. The van der Waals surface area contributed by atoms with Crippen LogP contribution in [0.25, 0.3) is 10.2 Å². The Hall–Kier alpha value is -1.73. The molecule has 0 bridgehead atoms. The number of hydrogen-bond acceptors (Lipinski definition) is 6. The highest BCUT2D eigenvalue weighted by Gasteiger charge is 2.32. The van der Waals surface area contributed by atoms with E-state index in [4.69, 9.17) is 14.5 Å². The highest BCUT2D eigenvalue weighted by molar-refractivity contribution is 7.18. The van der Waals surface area contributed by atoms with E-state index in [1.807, 2.05) is 6.92 Å². The third-order valence-electron chi connectivity index (χ3n) is 5.48. The van der Waals surface area contributed by atoms with Crippen molar-refractivity contribution in [1.29, 1.82) is 0 Å². The Morgan fingerprint density at radius 2 is 2.15 bits per heavy atom. The number of nitrogens with zero attached hydrogens (tertiary/aromatic N) is 3. The second kappa shape index (κ2) is 7.36. The molecule has 0 spiro atoms. The molecule has 0 amide bonds. The number of thiophene rings is 1. The predicted molar refractivity (Wildman–Crippen MR) is 108 cm³/mol. The first-order valence-corrected chi connectivity index (χ1v) is 10.7. The largest absolute Gasteiger partial charge is 0.482 e. The lowest BCUT2D eigenvalue weighted by molar-refractivity contribution is -0.0379. The lowest BCUT2D eigenvalue weighted by Crippen LogP contribution is -2.32. The zero-order valence-corrected chi connectivity index (χ0v) is 17.1. The minimum Gasteiger partial charge on any atom is -0.482 e. The molecule has 0 saturated heterocycles. The standard InChI is InChI=1S/C20H27N3O3S/c1-4-25-12-21-23-17(13-8-6-5-7-9-13)22-18-16(19(23)24)14-10-20(2,3)26-11-15(14)27-18/h12-13H,4-11H2,1-3H3. The zero-order valence-electron chi connectivity index (χ0n) is 16.3. The summed E-state index contributed by atoms with van der Waals surface area (Å²) in [7, 11) is 0. The summed E-state index contributed by atoms with van der Waals surface area (Å²) in [5.74, 6) is 1.06. The summed E-state index contributed by atoms with van der Waals surface area (Å²) in [5, 5.41) is 5.06. The molecule has 2 aromatic heterocycles. The topological polar surface area (TPSA) is 65.7 Å². The second-order valence-electron chi connectivity index (χ2n) is 8.01. The van der Waals surface area contributed by atoms with Crippen molar-refractivity contribution in [2.24, 2.45) is 5.10 Å². The van der Waals surface area contributed by atoms with Gasteiger partial charge in [-0.05, 0) is 39.2 Å². The highest BCUT2D eigenvalue weighted by atomic mass is 32.1. The molecular weight excluding hydrogens is 362 g/mol. The van der Waals surface area contributed by atoms with Gasteiger partial charge in [-0.15, -0.1) is 16.4 Å². The lowest BCUT2D eigenvalue weighted by atomic mass is 9.88. The van der Waals surface area contributed by atoms with Gasteiger partial charge in [0.15, 0.2) is 6.40 Å².